The maximum Gasteiger partial charge on any atom is 0.175 e. The molecule has 0 bridgehead atoms. The van der Waals surface area contributed by atoms with E-state index >= 15 is 0 Å². The van der Waals surface area contributed by atoms with Crippen molar-refractivity contribution < 1.29 is 22.3 Å². The van der Waals surface area contributed by atoms with Crippen LogP contribution in [0.25, 0.3) is 0 Å². The molecule has 0 heterocycles. The highest BCUT2D eigenvalue weighted by Gasteiger charge is 2.12. The summed E-state index contributed by atoms with van der Waals surface area (Å²) >= 11 is 0. The van der Waals surface area contributed by atoms with Gasteiger partial charge in [0.05, 0.1) is 11.0 Å². The molecule has 0 saturated heterocycles. The monoisotopic (exact) mass is 312 g/mol. The molecule has 21 heavy (non-hydrogen) atoms. The Bertz CT molecular complexity index is 740. The lowest BCUT2D eigenvalue weighted by Crippen LogP contribution is -2.04. The zero-order valence-electron chi connectivity index (χ0n) is 11.3. The average Bonchev–Trinajstić information content (AvgIpc) is 2.42. The fourth-order valence-corrected chi connectivity index (χ4v) is 2.58. The molecular weight excluding hydrogens is 298 g/mol. The second-order valence-electron chi connectivity index (χ2n) is 4.81. The van der Waals surface area contributed by atoms with E-state index < -0.39 is 27.6 Å². The summed E-state index contributed by atoms with van der Waals surface area (Å²) in [5.74, 6) is -1.90. The van der Waals surface area contributed by atoms with Crippen LogP contribution in [0, 0.1) is 11.6 Å². The number of sulfone groups is 1. The first-order valence-electron chi connectivity index (χ1n) is 6.19. The number of halogens is 2. The highest BCUT2D eigenvalue weighted by molar-refractivity contribution is 7.90. The van der Waals surface area contributed by atoms with Gasteiger partial charge in [0.1, 0.15) is 0 Å². The van der Waals surface area contributed by atoms with E-state index in [-0.39, 0.29) is 11.3 Å². The van der Waals surface area contributed by atoms with E-state index in [4.69, 9.17) is 0 Å². The van der Waals surface area contributed by atoms with Gasteiger partial charge < -0.3 is 5.11 Å². The van der Waals surface area contributed by atoms with Crippen LogP contribution in [0.5, 0.6) is 0 Å². The molecule has 0 fully saturated rings. The standard InChI is InChI=1S/C15H14F2O3S/c1-21(19,20)12-5-3-11(4-6-12)15(18)9-10-2-7-13(16)14(17)8-10/h2-8,15,18H,9H2,1H3. The Morgan fingerprint density at radius 3 is 2.19 bits per heavy atom. The van der Waals surface area contributed by atoms with Crippen molar-refractivity contribution in [3.05, 3.63) is 65.2 Å². The van der Waals surface area contributed by atoms with Crippen LogP contribution in [0.15, 0.2) is 47.4 Å². The van der Waals surface area contributed by atoms with Crippen LogP contribution in [0.2, 0.25) is 0 Å². The summed E-state index contributed by atoms with van der Waals surface area (Å²) in [7, 11) is -3.29. The summed E-state index contributed by atoms with van der Waals surface area (Å²) in [6.07, 6.45) is 0.276. The van der Waals surface area contributed by atoms with Crippen molar-refractivity contribution in [2.24, 2.45) is 0 Å². The molecule has 6 heteroatoms. The van der Waals surface area contributed by atoms with Crippen molar-refractivity contribution in [1.29, 1.82) is 0 Å². The Kier molecular flexibility index (Phi) is 4.39. The number of aliphatic hydroxyl groups is 1. The third-order valence-electron chi connectivity index (χ3n) is 3.11. The quantitative estimate of drug-likeness (QED) is 0.944. The normalized spacial score (nSPS) is 13.1. The van der Waals surface area contributed by atoms with E-state index in [1.54, 1.807) is 0 Å². The molecule has 0 saturated carbocycles. The highest BCUT2D eigenvalue weighted by atomic mass is 32.2. The van der Waals surface area contributed by atoms with Gasteiger partial charge >= 0.3 is 0 Å². The van der Waals surface area contributed by atoms with Gasteiger partial charge in [-0.25, -0.2) is 17.2 Å². The highest BCUT2D eigenvalue weighted by Crippen LogP contribution is 2.21. The van der Waals surface area contributed by atoms with Crippen molar-refractivity contribution in [3.63, 3.8) is 0 Å². The molecule has 0 aliphatic carbocycles. The Labute approximate surface area is 121 Å². The lowest BCUT2D eigenvalue weighted by atomic mass is 10.0. The van der Waals surface area contributed by atoms with Gasteiger partial charge in [0.25, 0.3) is 0 Å². The van der Waals surface area contributed by atoms with E-state index in [0.29, 0.717) is 11.1 Å². The molecule has 0 amide bonds. The van der Waals surface area contributed by atoms with Gasteiger partial charge in [-0.3, -0.25) is 0 Å². The SMILES string of the molecule is CS(=O)(=O)c1ccc(C(O)Cc2ccc(F)c(F)c2)cc1. The molecule has 0 aromatic heterocycles. The Morgan fingerprint density at radius 1 is 1.05 bits per heavy atom. The zero-order chi connectivity index (χ0) is 15.6. The average molecular weight is 312 g/mol. The van der Waals surface area contributed by atoms with Crippen LogP contribution in [-0.2, 0) is 16.3 Å². The van der Waals surface area contributed by atoms with Crippen LogP contribution >= 0.6 is 0 Å². The Hall–Kier alpha value is -1.79. The van der Waals surface area contributed by atoms with Crippen LogP contribution in [0.1, 0.15) is 17.2 Å². The van der Waals surface area contributed by atoms with Gasteiger partial charge in [-0.2, -0.15) is 0 Å². The van der Waals surface area contributed by atoms with E-state index in [0.717, 1.165) is 18.4 Å². The Morgan fingerprint density at radius 2 is 1.67 bits per heavy atom. The molecule has 3 nitrogen and oxygen atoms in total. The van der Waals surface area contributed by atoms with Gasteiger partial charge in [-0.05, 0) is 35.4 Å². The number of rotatable bonds is 4. The molecule has 112 valence electrons. The number of benzene rings is 2. The van der Waals surface area contributed by atoms with Crippen LogP contribution in [-0.4, -0.2) is 19.8 Å². The third-order valence-corrected chi connectivity index (χ3v) is 4.23. The second-order valence-corrected chi connectivity index (χ2v) is 6.83. The van der Waals surface area contributed by atoms with Crippen LogP contribution < -0.4 is 0 Å². The van der Waals surface area contributed by atoms with Gasteiger partial charge in [-0.15, -0.1) is 0 Å². The number of hydrogen-bond donors (Lipinski definition) is 1. The predicted octanol–water partition coefficient (Wildman–Crippen LogP) is 2.64. The fourth-order valence-electron chi connectivity index (χ4n) is 1.94. The van der Waals surface area contributed by atoms with Crippen LogP contribution in [0.4, 0.5) is 8.78 Å². The van der Waals surface area contributed by atoms with Gasteiger partial charge in [0.15, 0.2) is 21.5 Å². The number of aliphatic hydroxyl groups excluding tert-OH is 1. The minimum absolute atomic E-state index is 0.107. The van der Waals surface area contributed by atoms with Crippen molar-refractivity contribution in [2.45, 2.75) is 17.4 Å². The molecule has 0 spiro atoms. The summed E-state index contributed by atoms with van der Waals surface area (Å²) in [5, 5.41) is 10.1. The first-order valence-corrected chi connectivity index (χ1v) is 8.08. The van der Waals surface area contributed by atoms with Crippen molar-refractivity contribution in [3.8, 4) is 0 Å². The predicted molar refractivity (Wildman–Crippen MR) is 74.6 cm³/mol. The topological polar surface area (TPSA) is 54.4 Å². The molecule has 0 aliphatic rings. The maximum atomic E-state index is 13.1. The van der Waals surface area contributed by atoms with E-state index in [1.165, 1.54) is 30.3 Å². The van der Waals surface area contributed by atoms with E-state index in [1.807, 2.05) is 0 Å². The summed E-state index contributed by atoms with van der Waals surface area (Å²) in [5.41, 5.74) is 0.959. The summed E-state index contributed by atoms with van der Waals surface area (Å²) in [6.45, 7) is 0. The molecular formula is C15H14F2O3S. The fraction of sp³-hybridized carbons (Fsp3) is 0.200. The molecule has 2 aromatic rings. The van der Waals surface area contributed by atoms with Gasteiger partial charge in [0, 0.05) is 12.7 Å². The number of hydrogen-bond acceptors (Lipinski definition) is 3. The summed E-state index contributed by atoms with van der Waals surface area (Å²) in [6, 6.07) is 9.24. The smallest absolute Gasteiger partial charge is 0.175 e. The van der Waals surface area contributed by atoms with Gasteiger partial charge in [-0.1, -0.05) is 18.2 Å². The van der Waals surface area contributed by atoms with Crippen molar-refractivity contribution in [2.75, 3.05) is 6.26 Å². The third kappa shape index (κ3) is 3.86. The van der Waals surface area contributed by atoms with E-state index in [9.17, 15) is 22.3 Å². The molecule has 2 aromatic carbocycles. The van der Waals surface area contributed by atoms with Gasteiger partial charge in [0.2, 0.25) is 0 Å². The minimum atomic E-state index is -3.29. The van der Waals surface area contributed by atoms with Crippen LogP contribution in [0.3, 0.4) is 0 Å². The molecule has 0 radical (unpaired) electrons. The Balaban J connectivity index is 2.16. The van der Waals surface area contributed by atoms with E-state index in [2.05, 4.69) is 0 Å². The lowest BCUT2D eigenvalue weighted by molar-refractivity contribution is 0.178. The van der Waals surface area contributed by atoms with Crippen molar-refractivity contribution in [1.82, 2.24) is 0 Å². The lowest BCUT2D eigenvalue weighted by Gasteiger charge is -2.12. The zero-order valence-corrected chi connectivity index (χ0v) is 12.1. The maximum absolute atomic E-state index is 13.1. The molecule has 1 atom stereocenters. The molecule has 1 N–H and O–H groups in total. The molecule has 2 rings (SSSR count). The minimum Gasteiger partial charge on any atom is -0.388 e. The largest absolute Gasteiger partial charge is 0.388 e. The second kappa shape index (κ2) is 5.91. The first-order chi connectivity index (χ1) is 9.77. The first kappa shape index (κ1) is 15.6. The summed E-state index contributed by atoms with van der Waals surface area (Å²) in [4.78, 5) is 0.159. The molecule has 1 unspecified atom stereocenters. The molecule has 0 aliphatic heterocycles. The summed E-state index contributed by atoms with van der Waals surface area (Å²) < 4.78 is 48.6. The van der Waals surface area contributed by atoms with Crippen molar-refractivity contribution >= 4 is 9.84 Å².